The van der Waals surface area contributed by atoms with Crippen molar-refractivity contribution in [3.8, 4) is 0 Å². The molecule has 0 aromatic heterocycles. The summed E-state index contributed by atoms with van der Waals surface area (Å²) in [5, 5.41) is 13.0. The molecule has 1 aromatic rings. The Bertz CT molecular complexity index is 559. The summed E-state index contributed by atoms with van der Waals surface area (Å²) in [6.07, 6.45) is 2.52. The summed E-state index contributed by atoms with van der Waals surface area (Å²) in [6.45, 7) is 0.753. The predicted molar refractivity (Wildman–Crippen MR) is 68.9 cm³/mol. The minimum Gasteiger partial charge on any atom is -0.376 e. The third-order valence-corrected chi connectivity index (χ3v) is 3.22. The smallest absolute Gasteiger partial charge is 0.308 e. The molecule has 114 valence electrons. The summed E-state index contributed by atoms with van der Waals surface area (Å²) in [5.74, 6) is -3.28. The van der Waals surface area contributed by atoms with Crippen LogP contribution in [0.5, 0.6) is 0 Å². The van der Waals surface area contributed by atoms with E-state index in [-0.39, 0.29) is 12.6 Å². The Morgan fingerprint density at radius 1 is 1.43 bits per heavy atom. The van der Waals surface area contributed by atoms with E-state index < -0.39 is 33.7 Å². The van der Waals surface area contributed by atoms with Crippen LogP contribution in [0.15, 0.2) is 12.1 Å². The van der Waals surface area contributed by atoms with E-state index in [4.69, 9.17) is 4.74 Å². The molecule has 0 radical (unpaired) electrons. The minimum atomic E-state index is -1.34. The number of carbonyl (C=O) groups excluding carboxylic acids is 1. The van der Waals surface area contributed by atoms with Crippen molar-refractivity contribution in [2.24, 2.45) is 0 Å². The van der Waals surface area contributed by atoms with Crippen LogP contribution in [0.1, 0.15) is 29.6 Å². The number of hydrogen-bond acceptors (Lipinski definition) is 4. The number of nitrogens with one attached hydrogen (secondary N) is 1. The second-order valence-corrected chi connectivity index (χ2v) is 4.74. The molecule has 1 aliphatic heterocycles. The van der Waals surface area contributed by atoms with Gasteiger partial charge >= 0.3 is 5.69 Å². The second kappa shape index (κ2) is 6.57. The first-order valence-corrected chi connectivity index (χ1v) is 6.52. The van der Waals surface area contributed by atoms with Crippen LogP contribution < -0.4 is 5.32 Å². The van der Waals surface area contributed by atoms with Gasteiger partial charge in [0, 0.05) is 13.2 Å². The average molecular weight is 300 g/mol. The summed E-state index contributed by atoms with van der Waals surface area (Å²) in [5.41, 5.74) is -1.74. The molecule has 1 heterocycles. The Hall–Kier alpha value is -2.09. The molecular formula is C13H14F2N2O4. The molecule has 1 amide bonds. The fraction of sp³-hybridized carbons (Fsp3) is 0.462. The Balaban J connectivity index is 2.09. The zero-order valence-corrected chi connectivity index (χ0v) is 11.1. The predicted octanol–water partition coefficient (Wildman–Crippen LogP) is 2.17. The standard InChI is InChI=1S/C13H14F2N2O4/c14-8-5-10(12(15)11(6-8)17(19)20)13(18)16-7-9-3-1-2-4-21-9/h5-6,9H,1-4,7H2,(H,16,18). The summed E-state index contributed by atoms with van der Waals surface area (Å²) < 4.78 is 32.5. The van der Waals surface area contributed by atoms with Gasteiger partial charge in [0.2, 0.25) is 5.82 Å². The summed E-state index contributed by atoms with van der Waals surface area (Å²) >= 11 is 0. The van der Waals surface area contributed by atoms with Crippen LogP contribution in [0.3, 0.4) is 0 Å². The van der Waals surface area contributed by atoms with Crippen molar-refractivity contribution >= 4 is 11.6 Å². The van der Waals surface area contributed by atoms with E-state index in [1.165, 1.54) is 0 Å². The highest BCUT2D eigenvalue weighted by Crippen LogP contribution is 2.22. The van der Waals surface area contributed by atoms with Gasteiger partial charge in [-0.15, -0.1) is 0 Å². The van der Waals surface area contributed by atoms with Crippen LogP contribution in [-0.4, -0.2) is 30.1 Å². The zero-order chi connectivity index (χ0) is 15.4. The molecule has 1 aromatic carbocycles. The molecule has 1 saturated heterocycles. The fourth-order valence-electron chi connectivity index (χ4n) is 2.14. The van der Waals surface area contributed by atoms with Crippen LogP contribution >= 0.6 is 0 Å². The number of halogens is 2. The average Bonchev–Trinajstić information content (AvgIpc) is 2.47. The number of nitrogens with zero attached hydrogens (tertiary/aromatic N) is 1. The first-order chi connectivity index (χ1) is 9.99. The molecule has 1 fully saturated rings. The van der Waals surface area contributed by atoms with Gasteiger partial charge in [-0.25, -0.2) is 4.39 Å². The van der Waals surface area contributed by atoms with E-state index in [9.17, 15) is 23.7 Å². The van der Waals surface area contributed by atoms with Gasteiger partial charge in [0.05, 0.1) is 22.7 Å². The van der Waals surface area contributed by atoms with Gasteiger partial charge in [-0.3, -0.25) is 14.9 Å². The number of ether oxygens (including phenoxy) is 1. The number of nitro benzene ring substituents is 1. The number of amides is 1. The van der Waals surface area contributed by atoms with Crippen molar-refractivity contribution < 1.29 is 23.2 Å². The third-order valence-electron chi connectivity index (χ3n) is 3.22. The maximum Gasteiger partial charge on any atom is 0.308 e. The molecule has 2 rings (SSSR count). The zero-order valence-electron chi connectivity index (χ0n) is 11.1. The second-order valence-electron chi connectivity index (χ2n) is 4.74. The van der Waals surface area contributed by atoms with Crippen LogP contribution in [0.2, 0.25) is 0 Å². The van der Waals surface area contributed by atoms with Gasteiger partial charge in [0.15, 0.2) is 0 Å². The Morgan fingerprint density at radius 2 is 2.19 bits per heavy atom. The van der Waals surface area contributed by atoms with E-state index in [1.807, 2.05) is 0 Å². The Morgan fingerprint density at radius 3 is 2.81 bits per heavy atom. The normalized spacial score (nSPS) is 18.3. The SMILES string of the molecule is O=C(NCC1CCCCO1)c1cc(F)cc([N+](=O)[O-])c1F. The van der Waals surface area contributed by atoms with Gasteiger partial charge in [-0.1, -0.05) is 0 Å². The minimum absolute atomic E-state index is 0.155. The maximum absolute atomic E-state index is 13.8. The van der Waals surface area contributed by atoms with E-state index >= 15 is 0 Å². The number of rotatable bonds is 4. The molecule has 6 nitrogen and oxygen atoms in total. The number of benzene rings is 1. The van der Waals surface area contributed by atoms with Crippen molar-refractivity contribution in [3.63, 3.8) is 0 Å². The quantitative estimate of drug-likeness (QED) is 0.682. The molecule has 8 heteroatoms. The van der Waals surface area contributed by atoms with Gasteiger partial charge in [0.1, 0.15) is 5.82 Å². The Kier molecular flexibility index (Phi) is 4.79. The van der Waals surface area contributed by atoms with Gasteiger partial charge in [0.25, 0.3) is 5.91 Å². The summed E-state index contributed by atoms with van der Waals surface area (Å²) in [6, 6.07) is 1.08. The van der Waals surface area contributed by atoms with Gasteiger partial charge in [-0.05, 0) is 25.3 Å². The van der Waals surface area contributed by atoms with Crippen molar-refractivity contribution in [1.82, 2.24) is 5.32 Å². The third kappa shape index (κ3) is 3.72. The lowest BCUT2D eigenvalue weighted by Crippen LogP contribution is -2.35. The lowest BCUT2D eigenvalue weighted by molar-refractivity contribution is -0.387. The van der Waals surface area contributed by atoms with Crippen LogP contribution in [-0.2, 0) is 4.74 Å². The summed E-state index contributed by atoms with van der Waals surface area (Å²) in [4.78, 5) is 21.4. The lowest BCUT2D eigenvalue weighted by Gasteiger charge is -2.22. The highest BCUT2D eigenvalue weighted by molar-refractivity contribution is 5.95. The van der Waals surface area contributed by atoms with E-state index in [0.29, 0.717) is 18.7 Å². The molecule has 21 heavy (non-hydrogen) atoms. The largest absolute Gasteiger partial charge is 0.376 e. The molecule has 1 aliphatic rings. The number of nitro groups is 1. The monoisotopic (exact) mass is 300 g/mol. The molecule has 0 aliphatic carbocycles. The first-order valence-electron chi connectivity index (χ1n) is 6.52. The van der Waals surface area contributed by atoms with E-state index in [1.54, 1.807) is 0 Å². The van der Waals surface area contributed by atoms with E-state index in [0.717, 1.165) is 19.3 Å². The van der Waals surface area contributed by atoms with Crippen LogP contribution in [0, 0.1) is 21.7 Å². The van der Waals surface area contributed by atoms with Gasteiger partial charge < -0.3 is 10.1 Å². The highest BCUT2D eigenvalue weighted by atomic mass is 19.1. The lowest BCUT2D eigenvalue weighted by atomic mass is 10.1. The van der Waals surface area contributed by atoms with Crippen molar-refractivity contribution in [2.75, 3.05) is 13.2 Å². The van der Waals surface area contributed by atoms with Crippen molar-refractivity contribution in [1.29, 1.82) is 0 Å². The molecular weight excluding hydrogens is 286 g/mol. The fourth-order valence-corrected chi connectivity index (χ4v) is 2.14. The topological polar surface area (TPSA) is 81.5 Å². The number of hydrogen-bond donors (Lipinski definition) is 1. The number of carbonyl (C=O) groups is 1. The van der Waals surface area contributed by atoms with Crippen LogP contribution in [0.4, 0.5) is 14.5 Å². The molecule has 1 N–H and O–H groups in total. The molecule has 0 spiro atoms. The highest BCUT2D eigenvalue weighted by Gasteiger charge is 2.25. The van der Waals surface area contributed by atoms with Crippen LogP contribution in [0.25, 0.3) is 0 Å². The molecule has 0 bridgehead atoms. The van der Waals surface area contributed by atoms with Crippen molar-refractivity contribution in [3.05, 3.63) is 39.4 Å². The Labute approximate surface area is 119 Å². The molecule has 1 unspecified atom stereocenters. The summed E-state index contributed by atoms with van der Waals surface area (Å²) in [7, 11) is 0. The van der Waals surface area contributed by atoms with Gasteiger partial charge in [-0.2, -0.15) is 4.39 Å². The van der Waals surface area contributed by atoms with E-state index in [2.05, 4.69) is 5.32 Å². The first kappa shape index (κ1) is 15.3. The molecule has 0 saturated carbocycles. The van der Waals surface area contributed by atoms with Crippen molar-refractivity contribution in [2.45, 2.75) is 25.4 Å². The molecule has 1 atom stereocenters. The maximum atomic E-state index is 13.8.